The summed E-state index contributed by atoms with van der Waals surface area (Å²) in [5.74, 6) is -0.461. The molecule has 2 aromatic carbocycles. The molecule has 0 unspecified atom stereocenters. The fraction of sp³-hybridized carbons (Fsp3) is 0.222. The van der Waals surface area contributed by atoms with Crippen molar-refractivity contribution in [2.75, 3.05) is 5.32 Å². The van der Waals surface area contributed by atoms with Crippen molar-refractivity contribution in [3.05, 3.63) is 65.5 Å². The lowest BCUT2D eigenvalue weighted by Gasteiger charge is -2.09. The molecule has 0 heterocycles. The summed E-state index contributed by atoms with van der Waals surface area (Å²) in [5, 5.41) is 8.14. The average molecular weight is 327 g/mol. The minimum atomic E-state index is -0.437. The second-order valence-corrected chi connectivity index (χ2v) is 5.72. The van der Waals surface area contributed by atoms with Crippen LogP contribution in [0.3, 0.4) is 0 Å². The molecule has 1 aliphatic rings. The molecular formula is C18H18FN3O2. The first-order valence-electron chi connectivity index (χ1n) is 7.81. The van der Waals surface area contributed by atoms with Gasteiger partial charge in [-0.3, -0.25) is 4.79 Å². The molecule has 0 bridgehead atoms. The number of anilines is 1. The summed E-state index contributed by atoms with van der Waals surface area (Å²) in [6, 6.07) is 12.8. The van der Waals surface area contributed by atoms with Crippen molar-refractivity contribution < 1.29 is 14.0 Å². The minimum Gasteiger partial charge on any atom is -0.349 e. The largest absolute Gasteiger partial charge is 0.349 e. The smallest absolute Gasteiger partial charge is 0.319 e. The summed E-state index contributed by atoms with van der Waals surface area (Å²) in [5.41, 5.74) is 1.53. The number of urea groups is 1. The highest BCUT2D eigenvalue weighted by Gasteiger charge is 2.23. The molecule has 24 heavy (non-hydrogen) atoms. The topological polar surface area (TPSA) is 70.2 Å². The van der Waals surface area contributed by atoms with Gasteiger partial charge in [-0.15, -0.1) is 0 Å². The highest BCUT2D eigenvalue weighted by Crippen LogP contribution is 2.19. The number of amides is 3. The molecule has 0 spiro atoms. The molecule has 3 amide bonds. The van der Waals surface area contributed by atoms with Gasteiger partial charge < -0.3 is 16.0 Å². The molecule has 0 aliphatic heterocycles. The van der Waals surface area contributed by atoms with E-state index in [1.165, 1.54) is 6.07 Å². The van der Waals surface area contributed by atoms with E-state index in [2.05, 4.69) is 16.0 Å². The third-order valence-corrected chi connectivity index (χ3v) is 3.71. The van der Waals surface area contributed by atoms with Crippen molar-refractivity contribution in [1.29, 1.82) is 0 Å². The maximum atomic E-state index is 13.5. The highest BCUT2D eigenvalue weighted by molar-refractivity contribution is 5.95. The van der Waals surface area contributed by atoms with Gasteiger partial charge in [-0.2, -0.15) is 0 Å². The molecule has 0 radical (unpaired) electrons. The van der Waals surface area contributed by atoms with Gasteiger partial charge in [-0.1, -0.05) is 18.2 Å². The summed E-state index contributed by atoms with van der Waals surface area (Å²) in [6.07, 6.45) is 2.07. The first-order chi connectivity index (χ1) is 11.6. The third-order valence-electron chi connectivity index (χ3n) is 3.71. The van der Waals surface area contributed by atoms with E-state index in [-0.39, 0.29) is 18.3 Å². The van der Waals surface area contributed by atoms with Crippen molar-refractivity contribution in [2.45, 2.75) is 25.4 Å². The van der Waals surface area contributed by atoms with Gasteiger partial charge in [0, 0.05) is 29.4 Å². The summed E-state index contributed by atoms with van der Waals surface area (Å²) >= 11 is 0. The normalized spacial score (nSPS) is 13.2. The van der Waals surface area contributed by atoms with Crippen molar-refractivity contribution >= 4 is 17.6 Å². The Balaban J connectivity index is 1.50. The lowest BCUT2D eigenvalue weighted by molar-refractivity contribution is 0.0951. The summed E-state index contributed by atoms with van der Waals surface area (Å²) in [4.78, 5) is 23.7. The Labute approximate surface area is 139 Å². The second kappa shape index (κ2) is 7.12. The maximum Gasteiger partial charge on any atom is 0.319 e. The van der Waals surface area contributed by atoms with Gasteiger partial charge in [0.05, 0.1) is 0 Å². The number of rotatable bonds is 5. The fourth-order valence-corrected chi connectivity index (χ4v) is 2.19. The van der Waals surface area contributed by atoms with Crippen molar-refractivity contribution in [1.82, 2.24) is 10.6 Å². The molecule has 0 saturated heterocycles. The van der Waals surface area contributed by atoms with E-state index in [9.17, 15) is 14.0 Å². The minimum absolute atomic E-state index is 0.0976. The van der Waals surface area contributed by atoms with Crippen molar-refractivity contribution in [2.24, 2.45) is 0 Å². The Morgan fingerprint density at radius 1 is 1.04 bits per heavy atom. The molecule has 0 atom stereocenters. The molecule has 5 nitrogen and oxygen atoms in total. The van der Waals surface area contributed by atoms with Crippen LogP contribution in [-0.4, -0.2) is 18.0 Å². The summed E-state index contributed by atoms with van der Waals surface area (Å²) in [7, 11) is 0. The molecular weight excluding hydrogens is 309 g/mol. The Kier molecular flexibility index (Phi) is 4.74. The monoisotopic (exact) mass is 327 g/mol. The molecule has 1 fully saturated rings. The molecule has 1 saturated carbocycles. The fourth-order valence-electron chi connectivity index (χ4n) is 2.19. The van der Waals surface area contributed by atoms with Crippen LogP contribution in [0, 0.1) is 5.82 Å². The van der Waals surface area contributed by atoms with Gasteiger partial charge in [0.2, 0.25) is 0 Å². The SMILES string of the molecule is O=C(NCc1ccccc1F)Nc1ccc(C(=O)NC2CC2)cc1. The Morgan fingerprint density at radius 2 is 1.75 bits per heavy atom. The van der Waals surface area contributed by atoms with Crippen LogP contribution in [0.25, 0.3) is 0 Å². The van der Waals surface area contributed by atoms with Crippen LogP contribution >= 0.6 is 0 Å². The zero-order valence-electron chi connectivity index (χ0n) is 13.0. The Bertz CT molecular complexity index is 742. The Morgan fingerprint density at radius 3 is 2.42 bits per heavy atom. The molecule has 3 N–H and O–H groups in total. The number of hydrogen-bond donors (Lipinski definition) is 3. The van der Waals surface area contributed by atoms with Gasteiger partial charge >= 0.3 is 6.03 Å². The van der Waals surface area contributed by atoms with E-state index in [1.54, 1.807) is 42.5 Å². The third kappa shape index (κ3) is 4.32. The average Bonchev–Trinajstić information content (AvgIpc) is 3.39. The molecule has 2 aromatic rings. The van der Waals surface area contributed by atoms with Crippen LogP contribution in [0.4, 0.5) is 14.9 Å². The van der Waals surface area contributed by atoms with E-state index in [0.717, 1.165) is 12.8 Å². The lowest BCUT2D eigenvalue weighted by atomic mass is 10.2. The number of carbonyl (C=O) groups excluding carboxylic acids is 2. The van der Waals surface area contributed by atoms with Gasteiger partial charge in [0.1, 0.15) is 5.82 Å². The molecule has 1 aliphatic carbocycles. The van der Waals surface area contributed by atoms with Gasteiger partial charge in [0.15, 0.2) is 0 Å². The zero-order valence-corrected chi connectivity index (χ0v) is 13.0. The van der Waals surface area contributed by atoms with Crippen molar-refractivity contribution in [3.63, 3.8) is 0 Å². The molecule has 3 rings (SSSR count). The number of carbonyl (C=O) groups is 2. The van der Waals surface area contributed by atoms with Crippen LogP contribution in [0.1, 0.15) is 28.8 Å². The molecule has 6 heteroatoms. The van der Waals surface area contributed by atoms with E-state index in [4.69, 9.17) is 0 Å². The first kappa shape index (κ1) is 16.0. The van der Waals surface area contributed by atoms with E-state index in [0.29, 0.717) is 22.9 Å². The highest BCUT2D eigenvalue weighted by atomic mass is 19.1. The van der Waals surface area contributed by atoms with E-state index in [1.807, 2.05) is 0 Å². The first-order valence-corrected chi connectivity index (χ1v) is 7.81. The summed E-state index contributed by atoms with van der Waals surface area (Å²) < 4.78 is 13.5. The van der Waals surface area contributed by atoms with Gasteiger partial charge in [0.25, 0.3) is 5.91 Å². The predicted molar refractivity (Wildman–Crippen MR) is 89.2 cm³/mol. The van der Waals surface area contributed by atoms with E-state index < -0.39 is 6.03 Å². The molecule has 0 aromatic heterocycles. The standard InChI is InChI=1S/C18H18FN3O2/c19-16-4-2-1-3-13(16)11-20-18(24)22-15-7-5-12(6-8-15)17(23)21-14-9-10-14/h1-8,14H,9-11H2,(H,21,23)(H2,20,22,24). The van der Waals surface area contributed by atoms with Crippen LogP contribution < -0.4 is 16.0 Å². The quantitative estimate of drug-likeness (QED) is 0.790. The summed E-state index contributed by atoms with van der Waals surface area (Å²) in [6.45, 7) is 0.0976. The van der Waals surface area contributed by atoms with Crippen LogP contribution in [0.5, 0.6) is 0 Å². The predicted octanol–water partition coefficient (Wildman–Crippen LogP) is 3.04. The van der Waals surface area contributed by atoms with Crippen LogP contribution in [0.2, 0.25) is 0 Å². The second-order valence-electron chi connectivity index (χ2n) is 5.72. The van der Waals surface area contributed by atoms with Gasteiger partial charge in [-0.05, 0) is 43.2 Å². The van der Waals surface area contributed by atoms with Crippen LogP contribution in [0.15, 0.2) is 48.5 Å². The van der Waals surface area contributed by atoms with Crippen LogP contribution in [-0.2, 0) is 6.54 Å². The maximum absolute atomic E-state index is 13.5. The van der Waals surface area contributed by atoms with Crippen molar-refractivity contribution in [3.8, 4) is 0 Å². The Hall–Kier alpha value is -2.89. The molecule has 124 valence electrons. The number of nitrogens with one attached hydrogen (secondary N) is 3. The number of halogens is 1. The zero-order chi connectivity index (χ0) is 16.9. The van der Waals surface area contributed by atoms with Gasteiger partial charge in [-0.25, -0.2) is 9.18 Å². The number of benzene rings is 2. The van der Waals surface area contributed by atoms with E-state index >= 15 is 0 Å². The lowest BCUT2D eigenvalue weighted by Crippen LogP contribution is -2.28. The number of hydrogen-bond acceptors (Lipinski definition) is 2.